The minimum absolute atomic E-state index is 0.0430. The molecule has 2 aromatic rings. The fraction of sp³-hybridized carbons (Fsp3) is 0.391. The molecule has 6 nitrogen and oxygen atoms in total. The molecule has 1 amide bonds. The Morgan fingerprint density at radius 1 is 1.13 bits per heavy atom. The van der Waals surface area contributed by atoms with Gasteiger partial charge in [-0.15, -0.1) is 0 Å². The third kappa shape index (κ3) is 5.11. The lowest BCUT2D eigenvalue weighted by Gasteiger charge is -2.34. The van der Waals surface area contributed by atoms with Gasteiger partial charge >= 0.3 is 0 Å². The first kappa shape index (κ1) is 20.7. The van der Waals surface area contributed by atoms with Crippen molar-refractivity contribution in [2.45, 2.75) is 19.4 Å². The smallest absolute Gasteiger partial charge is 0.225 e. The number of piperazine rings is 1. The summed E-state index contributed by atoms with van der Waals surface area (Å²) >= 11 is 6.02. The summed E-state index contributed by atoms with van der Waals surface area (Å²) in [5.41, 5.74) is 3.68. The summed E-state index contributed by atoms with van der Waals surface area (Å²) in [6, 6.07) is 13.5. The summed E-state index contributed by atoms with van der Waals surface area (Å²) in [6.45, 7) is 6.42. The van der Waals surface area contributed by atoms with Crippen molar-refractivity contribution < 1.29 is 9.53 Å². The molecule has 2 aliphatic heterocycles. The molecule has 0 aromatic heterocycles. The molecular weight excluding hydrogens is 400 g/mol. The number of fused-ring (bicyclic) bond motifs is 1. The van der Waals surface area contributed by atoms with E-state index in [2.05, 4.69) is 33.3 Å². The van der Waals surface area contributed by atoms with Crippen LogP contribution in [0.3, 0.4) is 0 Å². The van der Waals surface area contributed by atoms with Crippen LogP contribution in [0.4, 0.5) is 5.69 Å². The van der Waals surface area contributed by atoms with E-state index < -0.39 is 0 Å². The lowest BCUT2D eigenvalue weighted by atomic mass is 10.1. The molecule has 2 aromatic carbocycles. The number of rotatable bonds is 6. The summed E-state index contributed by atoms with van der Waals surface area (Å²) in [6.07, 6.45) is 1.44. The molecule has 0 atom stereocenters. The maximum Gasteiger partial charge on any atom is 0.225 e. The second-order valence-electron chi connectivity index (χ2n) is 7.76. The van der Waals surface area contributed by atoms with E-state index in [1.165, 1.54) is 11.1 Å². The van der Waals surface area contributed by atoms with Crippen LogP contribution in [0.25, 0.3) is 0 Å². The second-order valence-corrected chi connectivity index (χ2v) is 8.17. The molecule has 0 spiro atoms. The van der Waals surface area contributed by atoms with Crippen molar-refractivity contribution in [3.63, 3.8) is 0 Å². The van der Waals surface area contributed by atoms with Crippen LogP contribution in [0.1, 0.15) is 23.1 Å². The number of ether oxygens (including phenoxy) is 1. The highest BCUT2D eigenvalue weighted by atomic mass is 35.5. The number of hydrogen-bond donors (Lipinski definition) is 1. The van der Waals surface area contributed by atoms with Gasteiger partial charge in [-0.05, 0) is 35.4 Å². The SMILES string of the molecule is N#Cc1ccc(NC(=O)CCN2CCN(Cc3ccc4c(c3)CCO4)CC2)cc1Cl. The van der Waals surface area contributed by atoms with Crippen molar-refractivity contribution in [3.05, 3.63) is 58.1 Å². The molecule has 4 rings (SSSR count). The zero-order chi connectivity index (χ0) is 20.9. The highest BCUT2D eigenvalue weighted by Gasteiger charge is 2.19. The summed E-state index contributed by atoms with van der Waals surface area (Å²) in [7, 11) is 0. The van der Waals surface area contributed by atoms with Gasteiger partial charge in [-0.2, -0.15) is 5.26 Å². The van der Waals surface area contributed by atoms with Crippen LogP contribution in [0.15, 0.2) is 36.4 Å². The largest absolute Gasteiger partial charge is 0.493 e. The normalized spacial score (nSPS) is 16.5. The van der Waals surface area contributed by atoms with E-state index in [0.717, 1.165) is 58.0 Å². The van der Waals surface area contributed by atoms with Gasteiger partial charge in [-0.25, -0.2) is 0 Å². The monoisotopic (exact) mass is 424 g/mol. The van der Waals surface area contributed by atoms with Gasteiger partial charge in [0.1, 0.15) is 11.8 Å². The summed E-state index contributed by atoms with van der Waals surface area (Å²) in [4.78, 5) is 17.0. The Kier molecular flexibility index (Phi) is 6.53. The molecule has 156 valence electrons. The van der Waals surface area contributed by atoms with Gasteiger partial charge in [0.05, 0.1) is 17.2 Å². The van der Waals surface area contributed by atoms with Crippen molar-refractivity contribution in [2.24, 2.45) is 0 Å². The molecule has 1 saturated heterocycles. The number of nitriles is 1. The number of hydrogen-bond acceptors (Lipinski definition) is 5. The van der Waals surface area contributed by atoms with Crippen molar-refractivity contribution in [2.75, 3.05) is 44.6 Å². The molecule has 0 radical (unpaired) electrons. The summed E-state index contributed by atoms with van der Waals surface area (Å²) in [5, 5.41) is 12.1. The first-order chi connectivity index (χ1) is 14.6. The predicted molar refractivity (Wildman–Crippen MR) is 117 cm³/mol. The molecule has 0 unspecified atom stereocenters. The van der Waals surface area contributed by atoms with Crippen LogP contribution in [0, 0.1) is 11.3 Å². The van der Waals surface area contributed by atoms with Crippen LogP contribution < -0.4 is 10.1 Å². The first-order valence-corrected chi connectivity index (χ1v) is 10.7. The second kappa shape index (κ2) is 9.48. The third-order valence-electron chi connectivity index (χ3n) is 5.65. The Morgan fingerprint density at radius 3 is 2.70 bits per heavy atom. The van der Waals surface area contributed by atoms with E-state index in [9.17, 15) is 4.79 Å². The number of benzene rings is 2. The summed E-state index contributed by atoms with van der Waals surface area (Å²) < 4.78 is 5.59. The number of amides is 1. The number of carbonyl (C=O) groups is 1. The van der Waals surface area contributed by atoms with E-state index in [1.54, 1.807) is 18.2 Å². The predicted octanol–water partition coefficient (Wildman–Crippen LogP) is 3.29. The van der Waals surface area contributed by atoms with Crippen molar-refractivity contribution in [1.82, 2.24) is 9.80 Å². The van der Waals surface area contributed by atoms with Gasteiger partial charge in [0.25, 0.3) is 0 Å². The Bertz CT molecular complexity index is 964. The number of carbonyl (C=O) groups excluding carboxylic acids is 1. The molecule has 2 heterocycles. The summed E-state index contributed by atoms with van der Waals surface area (Å²) in [5.74, 6) is 0.990. The van der Waals surface area contributed by atoms with Gasteiger partial charge in [0.15, 0.2) is 0 Å². The van der Waals surface area contributed by atoms with E-state index in [4.69, 9.17) is 21.6 Å². The van der Waals surface area contributed by atoms with E-state index in [1.807, 2.05) is 6.07 Å². The van der Waals surface area contributed by atoms with Gasteiger partial charge in [0.2, 0.25) is 5.91 Å². The van der Waals surface area contributed by atoms with Gasteiger partial charge in [0, 0.05) is 57.8 Å². The molecule has 7 heteroatoms. The highest BCUT2D eigenvalue weighted by molar-refractivity contribution is 6.32. The van der Waals surface area contributed by atoms with E-state index >= 15 is 0 Å². The highest BCUT2D eigenvalue weighted by Crippen LogP contribution is 2.26. The van der Waals surface area contributed by atoms with Crippen molar-refractivity contribution in [1.29, 1.82) is 5.26 Å². The Hall–Kier alpha value is -2.59. The average Bonchev–Trinajstić information content (AvgIpc) is 3.21. The number of nitrogens with zero attached hydrogens (tertiary/aromatic N) is 3. The van der Waals surface area contributed by atoms with Crippen LogP contribution in [0.5, 0.6) is 5.75 Å². The average molecular weight is 425 g/mol. The standard InChI is InChI=1S/C23H25ClN4O2/c24-21-14-20(3-2-19(21)15-25)26-23(29)5-7-27-8-10-28(11-9-27)16-17-1-4-22-18(13-17)6-12-30-22/h1-4,13-14H,5-12,16H2,(H,26,29). The van der Waals surface area contributed by atoms with Gasteiger partial charge < -0.3 is 15.0 Å². The maximum atomic E-state index is 12.3. The molecule has 1 N–H and O–H groups in total. The zero-order valence-corrected chi connectivity index (χ0v) is 17.6. The molecular formula is C23H25ClN4O2. The van der Waals surface area contributed by atoms with Crippen molar-refractivity contribution in [3.8, 4) is 11.8 Å². The molecule has 1 fully saturated rings. The molecule has 0 saturated carbocycles. The van der Waals surface area contributed by atoms with Gasteiger partial charge in [-0.3, -0.25) is 9.69 Å². The molecule has 0 aliphatic carbocycles. The van der Waals surface area contributed by atoms with Crippen LogP contribution in [-0.2, 0) is 17.8 Å². The van der Waals surface area contributed by atoms with Crippen LogP contribution in [0.2, 0.25) is 5.02 Å². The Morgan fingerprint density at radius 2 is 1.93 bits per heavy atom. The fourth-order valence-electron chi connectivity index (χ4n) is 3.93. The van der Waals surface area contributed by atoms with E-state index in [-0.39, 0.29) is 5.91 Å². The lowest BCUT2D eigenvalue weighted by Crippen LogP contribution is -2.46. The minimum atomic E-state index is -0.0430. The Labute approximate surface area is 182 Å². The van der Waals surface area contributed by atoms with Crippen molar-refractivity contribution >= 4 is 23.2 Å². The van der Waals surface area contributed by atoms with Crippen LogP contribution >= 0.6 is 11.6 Å². The quantitative estimate of drug-likeness (QED) is 0.770. The topological polar surface area (TPSA) is 68.6 Å². The van der Waals surface area contributed by atoms with Gasteiger partial charge in [-0.1, -0.05) is 23.7 Å². The molecule has 0 bridgehead atoms. The number of halogens is 1. The number of nitrogens with one attached hydrogen (secondary N) is 1. The van der Waals surface area contributed by atoms with Crippen LogP contribution in [-0.4, -0.2) is 55.0 Å². The molecule has 2 aliphatic rings. The Balaban J connectivity index is 1.19. The molecule has 30 heavy (non-hydrogen) atoms. The van der Waals surface area contributed by atoms with E-state index in [0.29, 0.717) is 22.7 Å². The fourth-order valence-corrected chi connectivity index (χ4v) is 4.16. The maximum absolute atomic E-state index is 12.3. The minimum Gasteiger partial charge on any atom is -0.493 e. The third-order valence-corrected chi connectivity index (χ3v) is 5.97. The number of anilines is 1. The first-order valence-electron chi connectivity index (χ1n) is 10.3. The zero-order valence-electron chi connectivity index (χ0n) is 16.9. The lowest BCUT2D eigenvalue weighted by molar-refractivity contribution is -0.116.